The molecular weight excluding hydrogens is 318 g/mol. The van der Waals surface area contributed by atoms with Crippen LogP contribution >= 0.6 is 0 Å². The predicted octanol–water partition coefficient (Wildman–Crippen LogP) is 2.37. The van der Waals surface area contributed by atoms with Crippen LogP contribution in [0.25, 0.3) is 0 Å². The molecule has 132 valence electrons. The standard InChI is InChI=1S/C19H23N3O3/c1-12-17(20-11-25-12)19(23)22-9-14-8-21(2)18(16(14)10-22)13-4-6-15(24-3)7-5-13/h4-7,11,14,16,18H,8-10H2,1-3H3/t14-,16+,18+/m0/s1. The Bertz CT molecular complexity index is 770. The maximum atomic E-state index is 12.7. The molecule has 0 unspecified atom stereocenters. The van der Waals surface area contributed by atoms with Gasteiger partial charge in [0.1, 0.15) is 11.5 Å². The summed E-state index contributed by atoms with van der Waals surface area (Å²) in [5.41, 5.74) is 1.72. The fourth-order valence-electron chi connectivity index (χ4n) is 4.39. The van der Waals surface area contributed by atoms with Gasteiger partial charge in [-0.15, -0.1) is 0 Å². The van der Waals surface area contributed by atoms with Crippen LogP contribution in [0.3, 0.4) is 0 Å². The van der Waals surface area contributed by atoms with E-state index in [4.69, 9.17) is 9.15 Å². The van der Waals surface area contributed by atoms with E-state index in [1.54, 1.807) is 14.0 Å². The number of carbonyl (C=O) groups excluding carboxylic acids is 1. The number of fused-ring (bicyclic) bond motifs is 1. The van der Waals surface area contributed by atoms with Gasteiger partial charge in [-0.1, -0.05) is 12.1 Å². The lowest BCUT2D eigenvalue weighted by atomic mass is 9.89. The molecule has 0 saturated carbocycles. The fourth-order valence-corrected chi connectivity index (χ4v) is 4.39. The highest BCUT2D eigenvalue weighted by Crippen LogP contribution is 2.44. The third kappa shape index (κ3) is 2.70. The summed E-state index contributed by atoms with van der Waals surface area (Å²) in [6, 6.07) is 8.61. The third-order valence-electron chi connectivity index (χ3n) is 5.59. The van der Waals surface area contributed by atoms with Gasteiger partial charge in [0.25, 0.3) is 5.91 Å². The molecule has 1 amide bonds. The number of amides is 1. The summed E-state index contributed by atoms with van der Waals surface area (Å²) in [7, 11) is 3.85. The third-order valence-corrected chi connectivity index (χ3v) is 5.59. The fraction of sp³-hybridized carbons (Fsp3) is 0.474. The van der Waals surface area contributed by atoms with Crippen LogP contribution in [-0.4, -0.2) is 54.5 Å². The summed E-state index contributed by atoms with van der Waals surface area (Å²) < 4.78 is 10.5. The molecule has 6 nitrogen and oxygen atoms in total. The van der Waals surface area contributed by atoms with Gasteiger partial charge >= 0.3 is 0 Å². The molecule has 2 fully saturated rings. The zero-order chi connectivity index (χ0) is 17.6. The van der Waals surface area contributed by atoms with E-state index in [0.717, 1.165) is 25.4 Å². The topological polar surface area (TPSA) is 58.8 Å². The van der Waals surface area contributed by atoms with Crippen LogP contribution in [0.1, 0.15) is 27.9 Å². The Balaban J connectivity index is 1.54. The minimum atomic E-state index is -0.0169. The zero-order valence-electron chi connectivity index (χ0n) is 14.8. The molecule has 0 radical (unpaired) electrons. The Kier molecular flexibility index (Phi) is 4.00. The van der Waals surface area contributed by atoms with Crippen molar-refractivity contribution in [3.05, 3.63) is 47.7 Å². The number of aromatic nitrogens is 1. The van der Waals surface area contributed by atoms with Gasteiger partial charge in [-0.25, -0.2) is 4.98 Å². The van der Waals surface area contributed by atoms with E-state index in [1.165, 1.54) is 12.0 Å². The average molecular weight is 341 g/mol. The first-order chi connectivity index (χ1) is 12.1. The normalized spacial score (nSPS) is 26.0. The highest BCUT2D eigenvalue weighted by Gasteiger charge is 2.47. The van der Waals surface area contributed by atoms with Crippen molar-refractivity contribution in [2.45, 2.75) is 13.0 Å². The minimum Gasteiger partial charge on any atom is -0.497 e. The van der Waals surface area contributed by atoms with E-state index >= 15 is 0 Å². The molecule has 0 spiro atoms. The van der Waals surface area contributed by atoms with Crippen LogP contribution in [0.4, 0.5) is 0 Å². The van der Waals surface area contributed by atoms with E-state index < -0.39 is 0 Å². The molecule has 2 aliphatic heterocycles. The quantitative estimate of drug-likeness (QED) is 0.858. The lowest BCUT2D eigenvalue weighted by Crippen LogP contribution is -2.33. The number of nitrogens with zero attached hydrogens (tertiary/aromatic N) is 3. The first-order valence-corrected chi connectivity index (χ1v) is 8.62. The van der Waals surface area contributed by atoms with Gasteiger partial charge in [0.05, 0.1) is 7.11 Å². The molecule has 1 aromatic carbocycles. The van der Waals surface area contributed by atoms with Crippen LogP contribution in [-0.2, 0) is 0 Å². The maximum Gasteiger partial charge on any atom is 0.276 e. The van der Waals surface area contributed by atoms with E-state index in [-0.39, 0.29) is 5.91 Å². The molecule has 6 heteroatoms. The van der Waals surface area contributed by atoms with Gasteiger partial charge in [0.2, 0.25) is 0 Å². The van der Waals surface area contributed by atoms with Gasteiger partial charge in [0.15, 0.2) is 12.1 Å². The SMILES string of the molecule is COc1ccc([C@@H]2[C@@H]3CN(C(=O)c4ncoc4C)C[C@@H]3CN2C)cc1. The number of aryl methyl sites for hydroxylation is 1. The molecule has 25 heavy (non-hydrogen) atoms. The summed E-state index contributed by atoms with van der Waals surface area (Å²) >= 11 is 0. The number of benzene rings is 1. The highest BCUT2D eigenvalue weighted by atomic mass is 16.5. The molecule has 2 aliphatic rings. The second-order valence-electron chi connectivity index (χ2n) is 7.05. The minimum absolute atomic E-state index is 0.0169. The van der Waals surface area contributed by atoms with Gasteiger partial charge in [-0.2, -0.15) is 0 Å². The van der Waals surface area contributed by atoms with Gasteiger partial charge in [0, 0.05) is 31.6 Å². The monoisotopic (exact) mass is 341 g/mol. The van der Waals surface area contributed by atoms with Crippen LogP contribution in [0.15, 0.2) is 35.1 Å². The van der Waals surface area contributed by atoms with Crippen molar-refractivity contribution in [2.75, 3.05) is 33.8 Å². The summed E-state index contributed by atoms with van der Waals surface area (Å²) in [5, 5.41) is 0. The summed E-state index contributed by atoms with van der Waals surface area (Å²) in [4.78, 5) is 21.2. The number of hydrogen-bond acceptors (Lipinski definition) is 5. The lowest BCUT2D eigenvalue weighted by Gasteiger charge is -2.26. The summed E-state index contributed by atoms with van der Waals surface area (Å²) in [5.74, 6) is 2.37. The van der Waals surface area contributed by atoms with Crippen LogP contribution < -0.4 is 4.74 Å². The van der Waals surface area contributed by atoms with Gasteiger partial charge < -0.3 is 14.1 Å². The molecule has 1 aromatic heterocycles. The average Bonchev–Trinajstić information content (AvgIpc) is 3.28. The van der Waals surface area contributed by atoms with Crippen molar-refractivity contribution >= 4 is 5.91 Å². The molecule has 3 atom stereocenters. The Morgan fingerprint density at radius 2 is 2.00 bits per heavy atom. The van der Waals surface area contributed by atoms with E-state index in [0.29, 0.717) is 29.3 Å². The van der Waals surface area contributed by atoms with E-state index in [1.807, 2.05) is 17.0 Å². The number of ether oxygens (including phenoxy) is 1. The van der Waals surface area contributed by atoms with Gasteiger partial charge in [-0.3, -0.25) is 9.69 Å². The van der Waals surface area contributed by atoms with Gasteiger partial charge in [-0.05, 0) is 37.6 Å². The molecule has 0 N–H and O–H groups in total. The Labute approximate surface area is 147 Å². The van der Waals surface area contributed by atoms with Crippen molar-refractivity contribution < 1.29 is 13.9 Å². The second kappa shape index (κ2) is 6.19. The molecule has 2 saturated heterocycles. The number of methoxy groups -OCH3 is 1. The summed E-state index contributed by atoms with van der Waals surface area (Å²) in [6.45, 7) is 4.33. The van der Waals surface area contributed by atoms with Crippen molar-refractivity contribution in [1.29, 1.82) is 0 Å². The number of rotatable bonds is 3. The van der Waals surface area contributed by atoms with Crippen molar-refractivity contribution in [1.82, 2.24) is 14.8 Å². The number of carbonyl (C=O) groups is 1. The predicted molar refractivity (Wildman–Crippen MR) is 92.5 cm³/mol. The smallest absolute Gasteiger partial charge is 0.276 e. The van der Waals surface area contributed by atoms with E-state index in [9.17, 15) is 4.79 Å². The summed E-state index contributed by atoms with van der Waals surface area (Å²) in [6.07, 6.45) is 1.34. The largest absolute Gasteiger partial charge is 0.497 e. The second-order valence-corrected chi connectivity index (χ2v) is 7.05. The first kappa shape index (κ1) is 16.1. The Morgan fingerprint density at radius 1 is 1.24 bits per heavy atom. The van der Waals surface area contributed by atoms with Crippen LogP contribution in [0, 0.1) is 18.8 Å². The molecule has 2 aromatic rings. The highest BCUT2D eigenvalue weighted by molar-refractivity contribution is 5.93. The number of hydrogen-bond donors (Lipinski definition) is 0. The van der Waals surface area contributed by atoms with E-state index in [2.05, 4.69) is 29.1 Å². The first-order valence-electron chi connectivity index (χ1n) is 8.62. The van der Waals surface area contributed by atoms with Crippen molar-refractivity contribution in [2.24, 2.45) is 11.8 Å². The molecule has 0 aliphatic carbocycles. The van der Waals surface area contributed by atoms with Crippen molar-refractivity contribution in [3.63, 3.8) is 0 Å². The Morgan fingerprint density at radius 3 is 2.64 bits per heavy atom. The zero-order valence-corrected chi connectivity index (χ0v) is 14.8. The van der Waals surface area contributed by atoms with Crippen molar-refractivity contribution in [3.8, 4) is 5.75 Å². The molecule has 3 heterocycles. The lowest BCUT2D eigenvalue weighted by molar-refractivity contribution is 0.0761. The molecule has 0 bridgehead atoms. The number of oxazole rings is 1. The van der Waals surface area contributed by atoms with Crippen LogP contribution in [0.2, 0.25) is 0 Å². The number of likely N-dealkylation sites (tertiary alicyclic amines) is 2. The Hall–Kier alpha value is -2.34. The molecule has 4 rings (SSSR count). The molecular formula is C19H23N3O3. The maximum absolute atomic E-state index is 12.7. The van der Waals surface area contributed by atoms with Crippen LogP contribution in [0.5, 0.6) is 5.75 Å².